The van der Waals surface area contributed by atoms with Crippen LogP contribution in [0.25, 0.3) is 0 Å². The van der Waals surface area contributed by atoms with Crippen molar-refractivity contribution in [2.45, 2.75) is 95.7 Å². The van der Waals surface area contributed by atoms with Crippen LogP contribution >= 0.6 is 0 Å². The molecule has 0 aromatic rings. The highest BCUT2D eigenvalue weighted by Crippen LogP contribution is 2.15. The van der Waals surface area contributed by atoms with Crippen molar-refractivity contribution in [2.24, 2.45) is 5.73 Å². The molecule has 1 saturated heterocycles. The van der Waals surface area contributed by atoms with Crippen molar-refractivity contribution < 1.29 is 5.11 Å². The molecule has 0 aromatic heterocycles. The first-order chi connectivity index (χ1) is 9.25. The van der Waals surface area contributed by atoms with Gasteiger partial charge in [-0.3, -0.25) is 0 Å². The van der Waals surface area contributed by atoms with Crippen LogP contribution in [0.1, 0.15) is 77.6 Å². The van der Waals surface area contributed by atoms with Crippen LogP contribution in [0, 0.1) is 0 Å². The van der Waals surface area contributed by atoms with Gasteiger partial charge in [0.05, 0.1) is 6.10 Å². The van der Waals surface area contributed by atoms with Crippen molar-refractivity contribution >= 4 is 0 Å². The van der Waals surface area contributed by atoms with Crippen LogP contribution in [0.3, 0.4) is 0 Å². The topological polar surface area (TPSA) is 58.3 Å². The van der Waals surface area contributed by atoms with E-state index in [0.29, 0.717) is 0 Å². The average molecular weight is 270 g/mol. The summed E-state index contributed by atoms with van der Waals surface area (Å²) in [4.78, 5) is 0. The second-order valence-corrected chi connectivity index (χ2v) is 6.14. The number of aliphatic hydroxyl groups is 1. The van der Waals surface area contributed by atoms with Crippen LogP contribution in [0.5, 0.6) is 0 Å². The van der Waals surface area contributed by atoms with Crippen molar-refractivity contribution in [1.82, 2.24) is 5.32 Å². The molecule has 1 aliphatic rings. The molecule has 0 aliphatic carbocycles. The molecule has 3 heteroatoms. The lowest BCUT2D eigenvalue weighted by molar-refractivity contribution is 0.139. The first-order valence-corrected chi connectivity index (χ1v) is 8.42. The molecule has 0 aromatic carbocycles. The highest BCUT2D eigenvalue weighted by atomic mass is 16.3. The standard InChI is InChI=1S/C16H34N2O/c1-2-3-4-5-6-7-8-9-10-11-12-15-16(19)14(17)13-18-15/h14-16,18-19H,2-13,17H2,1H3/t14-,15+,16-/m0/s1. The van der Waals surface area contributed by atoms with Gasteiger partial charge in [-0.2, -0.15) is 0 Å². The third-order valence-electron chi connectivity index (χ3n) is 4.34. The lowest BCUT2D eigenvalue weighted by Gasteiger charge is -2.16. The van der Waals surface area contributed by atoms with Gasteiger partial charge in [0, 0.05) is 18.6 Å². The fraction of sp³-hybridized carbons (Fsp3) is 1.00. The molecule has 0 amide bonds. The Kier molecular flexibility index (Phi) is 9.48. The Morgan fingerprint density at radius 3 is 1.95 bits per heavy atom. The van der Waals surface area contributed by atoms with Gasteiger partial charge in [0.25, 0.3) is 0 Å². The van der Waals surface area contributed by atoms with Crippen LogP contribution in [0.4, 0.5) is 0 Å². The smallest absolute Gasteiger partial charge is 0.0856 e. The van der Waals surface area contributed by atoms with E-state index in [0.717, 1.165) is 13.0 Å². The summed E-state index contributed by atoms with van der Waals surface area (Å²) < 4.78 is 0. The van der Waals surface area contributed by atoms with Gasteiger partial charge in [0.1, 0.15) is 0 Å². The largest absolute Gasteiger partial charge is 0.390 e. The number of nitrogens with two attached hydrogens (primary N) is 1. The number of unbranched alkanes of at least 4 members (excludes halogenated alkanes) is 9. The summed E-state index contributed by atoms with van der Waals surface area (Å²) in [6, 6.07) is 0.178. The molecule has 19 heavy (non-hydrogen) atoms. The maximum absolute atomic E-state index is 9.81. The van der Waals surface area contributed by atoms with Crippen molar-refractivity contribution in [3.8, 4) is 0 Å². The summed E-state index contributed by atoms with van der Waals surface area (Å²) in [7, 11) is 0. The molecular weight excluding hydrogens is 236 g/mol. The molecule has 1 rings (SSSR count). The van der Waals surface area contributed by atoms with E-state index in [9.17, 15) is 5.11 Å². The Balaban J connectivity index is 1.81. The molecule has 114 valence electrons. The minimum Gasteiger partial charge on any atom is -0.390 e. The van der Waals surface area contributed by atoms with Gasteiger partial charge in [0.2, 0.25) is 0 Å². The predicted molar refractivity (Wildman–Crippen MR) is 82.2 cm³/mol. The van der Waals surface area contributed by atoms with Crippen LogP contribution in [0.15, 0.2) is 0 Å². The van der Waals surface area contributed by atoms with Crippen molar-refractivity contribution in [1.29, 1.82) is 0 Å². The van der Waals surface area contributed by atoms with E-state index in [4.69, 9.17) is 5.73 Å². The zero-order valence-electron chi connectivity index (χ0n) is 12.7. The Hall–Kier alpha value is -0.120. The summed E-state index contributed by atoms with van der Waals surface area (Å²) in [6.45, 7) is 3.03. The molecule has 0 radical (unpaired) electrons. The number of aliphatic hydroxyl groups excluding tert-OH is 1. The van der Waals surface area contributed by atoms with E-state index in [1.165, 1.54) is 64.2 Å². The molecule has 1 heterocycles. The van der Waals surface area contributed by atoms with E-state index in [2.05, 4.69) is 12.2 Å². The summed E-state index contributed by atoms with van der Waals surface area (Å²) in [5, 5.41) is 13.1. The van der Waals surface area contributed by atoms with E-state index in [-0.39, 0.29) is 18.2 Å². The highest BCUT2D eigenvalue weighted by molar-refractivity contribution is 4.92. The molecule has 3 atom stereocenters. The third kappa shape index (κ3) is 7.28. The lowest BCUT2D eigenvalue weighted by Crippen LogP contribution is -2.37. The van der Waals surface area contributed by atoms with E-state index in [1.54, 1.807) is 0 Å². The number of hydrogen-bond donors (Lipinski definition) is 3. The van der Waals surface area contributed by atoms with Crippen LogP contribution in [-0.2, 0) is 0 Å². The average Bonchev–Trinajstić information content (AvgIpc) is 2.73. The molecule has 3 nitrogen and oxygen atoms in total. The summed E-state index contributed by atoms with van der Waals surface area (Å²) >= 11 is 0. The van der Waals surface area contributed by atoms with Gasteiger partial charge in [-0.1, -0.05) is 71.1 Å². The van der Waals surface area contributed by atoms with Crippen molar-refractivity contribution in [2.75, 3.05) is 6.54 Å². The van der Waals surface area contributed by atoms with Gasteiger partial charge < -0.3 is 16.2 Å². The Labute approximate surface area is 119 Å². The minimum absolute atomic E-state index is 0.0619. The summed E-state index contributed by atoms with van der Waals surface area (Å²) in [5.74, 6) is 0. The first kappa shape index (κ1) is 16.9. The molecule has 1 aliphatic heterocycles. The Bertz CT molecular complexity index is 211. The highest BCUT2D eigenvalue weighted by Gasteiger charge is 2.30. The van der Waals surface area contributed by atoms with Gasteiger partial charge in [-0.25, -0.2) is 0 Å². The van der Waals surface area contributed by atoms with Gasteiger partial charge in [-0.15, -0.1) is 0 Å². The third-order valence-corrected chi connectivity index (χ3v) is 4.34. The normalized spacial score (nSPS) is 27.0. The predicted octanol–water partition coefficient (Wildman–Crippen LogP) is 2.96. The lowest BCUT2D eigenvalue weighted by atomic mass is 10.0. The van der Waals surface area contributed by atoms with Crippen LogP contribution in [-0.4, -0.2) is 29.8 Å². The number of rotatable bonds is 11. The minimum atomic E-state index is -0.335. The zero-order valence-corrected chi connectivity index (χ0v) is 12.7. The van der Waals surface area contributed by atoms with Crippen LogP contribution < -0.4 is 11.1 Å². The fourth-order valence-corrected chi connectivity index (χ4v) is 2.95. The van der Waals surface area contributed by atoms with E-state index >= 15 is 0 Å². The maximum Gasteiger partial charge on any atom is 0.0856 e. The Morgan fingerprint density at radius 1 is 0.947 bits per heavy atom. The summed E-state index contributed by atoms with van der Waals surface area (Å²) in [5.41, 5.74) is 5.78. The van der Waals surface area contributed by atoms with Crippen molar-refractivity contribution in [3.05, 3.63) is 0 Å². The molecule has 0 bridgehead atoms. The monoisotopic (exact) mass is 270 g/mol. The zero-order chi connectivity index (χ0) is 13.9. The molecule has 0 saturated carbocycles. The Morgan fingerprint density at radius 2 is 1.47 bits per heavy atom. The van der Waals surface area contributed by atoms with E-state index < -0.39 is 0 Å². The summed E-state index contributed by atoms with van der Waals surface area (Å²) in [6.07, 6.45) is 14.4. The molecule has 4 N–H and O–H groups in total. The first-order valence-electron chi connectivity index (χ1n) is 8.42. The van der Waals surface area contributed by atoms with Crippen LogP contribution in [0.2, 0.25) is 0 Å². The molecular formula is C16H34N2O. The second-order valence-electron chi connectivity index (χ2n) is 6.14. The second kappa shape index (κ2) is 10.6. The van der Waals surface area contributed by atoms with Gasteiger partial charge in [-0.05, 0) is 6.42 Å². The molecule has 1 fully saturated rings. The molecule has 0 spiro atoms. The number of nitrogens with one attached hydrogen (secondary N) is 1. The molecule has 0 unspecified atom stereocenters. The van der Waals surface area contributed by atoms with E-state index in [1.807, 2.05) is 0 Å². The maximum atomic E-state index is 9.81. The van der Waals surface area contributed by atoms with Crippen molar-refractivity contribution in [3.63, 3.8) is 0 Å². The SMILES string of the molecule is CCCCCCCCCCCC[C@H]1NC[C@H](N)[C@@H]1O. The van der Waals surface area contributed by atoms with Gasteiger partial charge in [0.15, 0.2) is 0 Å². The van der Waals surface area contributed by atoms with Gasteiger partial charge >= 0.3 is 0 Å². The fourth-order valence-electron chi connectivity index (χ4n) is 2.95. The number of hydrogen-bond acceptors (Lipinski definition) is 3. The quantitative estimate of drug-likeness (QED) is 0.506.